The van der Waals surface area contributed by atoms with Gasteiger partial charge in [-0.3, -0.25) is 9.59 Å². The van der Waals surface area contributed by atoms with E-state index in [1.807, 2.05) is 6.07 Å². The van der Waals surface area contributed by atoms with Gasteiger partial charge in [-0.05, 0) is 48.0 Å². The fourth-order valence-electron chi connectivity index (χ4n) is 3.23. The number of hydrogen-bond donors (Lipinski definition) is 1. The topological polar surface area (TPSA) is 72.6 Å². The zero-order valence-corrected chi connectivity index (χ0v) is 16.9. The van der Waals surface area contributed by atoms with Gasteiger partial charge in [0.2, 0.25) is 5.91 Å². The maximum atomic E-state index is 13.3. The normalized spacial score (nSPS) is 12.4. The predicted molar refractivity (Wildman–Crippen MR) is 112 cm³/mol. The van der Waals surface area contributed by atoms with E-state index in [0.29, 0.717) is 34.9 Å². The first-order valence-electron chi connectivity index (χ1n) is 8.78. The largest absolute Gasteiger partial charge is 0.493 e. The van der Waals surface area contributed by atoms with Gasteiger partial charge in [0.05, 0.1) is 22.2 Å². The van der Waals surface area contributed by atoms with Crippen molar-refractivity contribution in [1.29, 1.82) is 0 Å². The molecule has 2 aromatic carbocycles. The van der Waals surface area contributed by atoms with E-state index in [-0.39, 0.29) is 10.9 Å². The number of rotatable bonds is 3. The van der Waals surface area contributed by atoms with Gasteiger partial charge in [0.1, 0.15) is 11.6 Å². The summed E-state index contributed by atoms with van der Waals surface area (Å²) < 4.78 is 19.1. The molecule has 1 aliphatic rings. The number of carbonyl (C=O) groups is 2. The van der Waals surface area contributed by atoms with Gasteiger partial charge < -0.3 is 15.4 Å². The van der Waals surface area contributed by atoms with E-state index in [1.54, 1.807) is 25.2 Å². The lowest BCUT2D eigenvalue weighted by atomic mass is 10.1. The molecular weight excluding hydrogens is 415 g/mol. The van der Waals surface area contributed by atoms with Gasteiger partial charge in [0.15, 0.2) is 0 Å². The molecule has 0 spiro atoms. The van der Waals surface area contributed by atoms with Crippen molar-refractivity contribution in [2.24, 2.45) is 5.73 Å². The summed E-state index contributed by atoms with van der Waals surface area (Å²) in [6.07, 6.45) is 0.626. The molecule has 0 bridgehead atoms. The molecule has 0 atom stereocenters. The molecule has 1 aromatic heterocycles. The van der Waals surface area contributed by atoms with Crippen LogP contribution in [0.1, 0.15) is 25.6 Å². The van der Waals surface area contributed by atoms with E-state index in [9.17, 15) is 14.0 Å². The summed E-state index contributed by atoms with van der Waals surface area (Å²) in [4.78, 5) is 27.3. The highest BCUT2D eigenvalue weighted by atomic mass is 35.5. The second-order valence-electron chi connectivity index (χ2n) is 6.60. The second kappa shape index (κ2) is 7.50. The van der Waals surface area contributed by atoms with Gasteiger partial charge in [0.25, 0.3) is 5.91 Å². The number of hydrogen-bond acceptors (Lipinski definition) is 4. The highest BCUT2D eigenvalue weighted by Gasteiger charge is 2.24. The Kier molecular flexibility index (Phi) is 5.02. The van der Waals surface area contributed by atoms with Crippen molar-refractivity contribution in [2.75, 3.05) is 18.6 Å². The zero-order chi connectivity index (χ0) is 20.7. The van der Waals surface area contributed by atoms with Gasteiger partial charge in [-0.1, -0.05) is 11.6 Å². The number of anilines is 1. The summed E-state index contributed by atoms with van der Waals surface area (Å²) in [7, 11) is 1.60. The van der Waals surface area contributed by atoms with Crippen LogP contribution in [-0.2, 0) is 6.42 Å². The molecule has 8 heteroatoms. The molecular formula is C21H16ClFN2O3S. The van der Waals surface area contributed by atoms with Crippen LogP contribution in [0.3, 0.4) is 0 Å². The third kappa shape index (κ3) is 3.59. The second-order valence-corrected chi connectivity index (χ2v) is 8.06. The molecule has 0 fully saturated rings. The number of benzene rings is 2. The Labute approximate surface area is 175 Å². The van der Waals surface area contributed by atoms with Crippen molar-refractivity contribution in [1.82, 2.24) is 0 Å². The third-order valence-electron chi connectivity index (χ3n) is 4.74. The average molecular weight is 431 g/mol. The molecule has 0 saturated heterocycles. The summed E-state index contributed by atoms with van der Waals surface area (Å²) >= 11 is 7.44. The molecule has 2 amide bonds. The van der Waals surface area contributed by atoms with Gasteiger partial charge in [-0.2, -0.15) is 0 Å². The number of amides is 2. The highest BCUT2D eigenvalue weighted by Crippen LogP contribution is 2.41. The molecule has 2 N–H and O–H groups in total. The number of thiophene rings is 1. The summed E-state index contributed by atoms with van der Waals surface area (Å²) in [6.45, 7) is 0.423. The van der Waals surface area contributed by atoms with Crippen LogP contribution in [0, 0.1) is 5.82 Å². The maximum absolute atomic E-state index is 13.3. The van der Waals surface area contributed by atoms with Crippen LogP contribution in [-0.4, -0.2) is 25.5 Å². The zero-order valence-electron chi connectivity index (χ0n) is 15.4. The molecule has 29 heavy (non-hydrogen) atoms. The SMILES string of the molecule is CN(C(=O)c1cc2c(s1)-c1ccc(C(N)=O)cc1OCC2)c1ccc(F)cc1Cl. The smallest absolute Gasteiger partial charge is 0.268 e. The minimum Gasteiger partial charge on any atom is -0.493 e. The number of ether oxygens (including phenoxy) is 1. The first-order valence-corrected chi connectivity index (χ1v) is 9.97. The summed E-state index contributed by atoms with van der Waals surface area (Å²) in [5, 5.41) is 0.164. The molecule has 0 radical (unpaired) electrons. The first-order chi connectivity index (χ1) is 13.8. The minimum atomic E-state index is -0.527. The predicted octanol–water partition coefficient (Wildman–Crippen LogP) is 4.52. The Bertz CT molecular complexity index is 1140. The Hall–Kier alpha value is -2.90. The van der Waals surface area contributed by atoms with E-state index in [2.05, 4.69) is 0 Å². The highest BCUT2D eigenvalue weighted by molar-refractivity contribution is 7.17. The lowest BCUT2D eigenvalue weighted by Crippen LogP contribution is -2.25. The minimum absolute atomic E-state index is 0.164. The standard InChI is InChI=1S/C21H16ClFN2O3S/c1-25(16-5-3-13(23)10-15(16)22)21(27)18-9-11-6-7-28-17-8-12(20(24)26)2-4-14(17)19(11)29-18/h2-5,8-10H,6-7H2,1H3,(H2,24,26). The Morgan fingerprint density at radius 2 is 2.00 bits per heavy atom. The summed E-state index contributed by atoms with van der Waals surface area (Å²) in [5.41, 5.74) is 7.95. The van der Waals surface area contributed by atoms with Gasteiger partial charge in [-0.15, -0.1) is 11.3 Å². The number of nitrogens with two attached hydrogens (primary N) is 1. The number of carbonyl (C=O) groups excluding carboxylic acids is 2. The van der Waals surface area contributed by atoms with Crippen LogP contribution in [0.4, 0.5) is 10.1 Å². The molecule has 4 rings (SSSR count). The van der Waals surface area contributed by atoms with Crippen LogP contribution in [0.5, 0.6) is 5.75 Å². The lowest BCUT2D eigenvalue weighted by molar-refractivity contribution is 0.0990. The fourth-order valence-corrected chi connectivity index (χ4v) is 4.74. The molecule has 0 unspecified atom stereocenters. The van der Waals surface area contributed by atoms with Gasteiger partial charge >= 0.3 is 0 Å². The van der Waals surface area contributed by atoms with E-state index < -0.39 is 11.7 Å². The van der Waals surface area contributed by atoms with Crippen LogP contribution in [0.2, 0.25) is 5.02 Å². The lowest BCUT2D eigenvalue weighted by Gasteiger charge is -2.18. The quantitative estimate of drug-likeness (QED) is 0.664. The number of halogens is 2. The van der Waals surface area contributed by atoms with E-state index >= 15 is 0 Å². The van der Waals surface area contributed by atoms with E-state index in [1.165, 1.54) is 34.4 Å². The maximum Gasteiger partial charge on any atom is 0.268 e. The van der Waals surface area contributed by atoms with Crippen molar-refractivity contribution in [3.8, 4) is 16.2 Å². The molecule has 5 nitrogen and oxygen atoms in total. The van der Waals surface area contributed by atoms with Crippen molar-refractivity contribution < 1.29 is 18.7 Å². The third-order valence-corrected chi connectivity index (χ3v) is 6.24. The van der Waals surface area contributed by atoms with Crippen LogP contribution in [0.15, 0.2) is 42.5 Å². The number of fused-ring (bicyclic) bond motifs is 3. The van der Waals surface area contributed by atoms with Crippen molar-refractivity contribution in [3.05, 3.63) is 69.3 Å². The van der Waals surface area contributed by atoms with Crippen LogP contribution in [0.25, 0.3) is 10.4 Å². The Morgan fingerprint density at radius 1 is 1.21 bits per heavy atom. The summed E-state index contributed by atoms with van der Waals surface area (Å²) in [6, 6.07) is 10.8. The average Bonchev–Trinajstić information content (AvgIpc) is 3.03. The van der Waals surface area contributed by atoms with E-state index in [4.69, 9.17) is 22.1 Å². The molecule has 2 heterocycles. The number of nitrogens with zero attached hydrogens (tertiary/aromatic N) is 1. The van der Waals surface area contributed by atoms with Crippen LogP contribution < -0.4 is 15.4 Å². The van der Waals surface area contributed by atoms with Gasteiger partial charge in [0, 0.05) is 29.5 Å². The van der Waals surface area contributed by atoms with Crippen molar-refractivity contribution in [2.45, 2.75) is 6.42 Å². The molecule has 1 aliphatic heterocycles. The molecule has 0 aliphatic carbocycles. The molecule has 148 valence electrons. The molecule has 3 aromatic rings. The van der Waals surface area contributed by atoms with Gasteiger partial charge in [-0.25, -0.2) is 4.39 Å². The van der Waals surface area contributed by atoms with E-state index in [0.717, 1.165) is 16.0 Å². The van der Waals surface area contributed by atoms with Crippen LogP contribution >= 0.6 is 22.9 Å². The first kappa shape index (κ1) is 19.4. The Morgan fingerprint density at radius 3 is 2.72 bits per heavy atom. The van der Waals surface area contributed by atoms with Crippen molar-refractivity contribution >= 4 is 40.4 Å². The van der Waals surface area contributed by atoms with Crippen molar-refractivity contribution in [3.63, 3.8) is 0 Å². The number of primary amides is 1. The summed E-state index contributed by atoms with van der Waals surface area (Å²) in [5.74, 6) is -0.668. The molecule has 0 saturated carbocycles. The fraction of sp³-hybridized carbons (Fsp3) is 0.143. The Balaban J connectivity index is 1.71. The monoisotopic (exact) mass is 430 g/mol.